The molecule has 1 N–H and O–H groups in total. The number of carbonyl (C=O) groups excluding carboxylic acids is 3. The van der Waals surface area contributed by atoms with Crippen molar-refractivity contribution < 1.29 is 23.5 Å². The van der Waals surface area contributed by atoms with Crippen LogP contribution in [0.5, 0.6) is 0 Å². The number of amides is 2. The first-order chi connectivity index (χ1) is 13.4. The SMILES string of the molecule is COC(=O)[C@@]1(C)N[C@@H](c2ccccc2F)[C@H]2C(=O)N(c3ccccc3)C(=O)[C@@H]21. The highest BCUT2D eigenvalue weighted by atomic mass is 19.1. The van der Waals surface area contributed by atoms with E-state index in [2.05, 4.69) is 5.32 Å². The minimum Gasteiger partial charge on any atom is -0.468 e. The van der Waals surface area contributed by atoms with Gasteiger partial charge < -0.3 is 4.74 Å². The molecule has 144 valence electrons. The van der Waals surface area contributed by atoms with E-state index in [9.17, 15) is 18.8 Å². The highest BCUT2D eigenvalue weighted by Gasteiger charge is 2.67. The lowest BCUT2D eigenvalue weighted by atomic mass is 9.80. The Balaban J connectivity index is 1.85. The van der Waals surface area contributed by atoms with Crippen LogP contribution in [0, 0.1) is 17.7 Å². The number of nitrogens with one attached hydrogen (secondary N) is 1. The Hall–Kier alpha value is -3.06. The number of anilines is 1. The van der Waals surface area contributed by atoms with E-state index in [4.69, 9.17) is 4.74 Å². The number of esters is 1. The van der Waals surface area contributed by atoms with Crippen LogP contribution in [-0.2, 0) is 19.1 Å². The maximum absolute atomic E-state index is 14.5. The topological polar surface area (TPSA) is 75.7 Å². The van der Waals surface area contributed by atoms with Crippen molar-refractivity contribution in [1.82, 2.24) is 5.32 Å². The highest BCUT2D eigenvalue weighted by Crippen LogP contribution is 2.50. The minimum absolute atomic E-state index is 0.237. The molecule has 0 bridgehead atoms. The van der Waals surface area contributed by atoms with Gasteiger partial charge >= 0.3 is 5.97 Å². The zero-order valence-electron chi connectivity index (χ0n) is 15.4. The molecule has 0 spiro atoms. The van der Waals surface area contributed by atoms with Gasteiger partial charge in [-0.05, 0) is 25.1 Å². The number of benzene rings is 2. The fraction of sp³-hybridized carbons (Fsp3) is 0.286. The Morgan fingerprint density at radius 3 is 2.36 bits per heavy atom. The standard InChI is InChI=1S/C21H19FN2O4/c1-21(20(27)28-2)16-15(17(23-21)13-10-6-7-11-14(13)22)18(25)24(19(16)26)12-8-4-3-5-9-12/h3-11,15-17,23H,1-2H3/t15-,16+,17-,21-/m0/s1. The second kappa shape index (κ2) is 6.53. The van der Waals surface area contributed by atoms with Gasteiger partial charge in [-0.2, -0.15) is 0 Å². The smallest absolute Gasteiger partial charge is 0.326 e. The average Bonchev–Trinajstić information content (AvgIpc) is 3.16. The number of nitrogens with zero attached hydrogens (tertiary/aromatic N) is 1. The number of para-hydroxylation sites is 1. The van der Waals surface area contributed by atoms with Crippen LogP contribution in [0.25, 0.3) is 0 Å². The molecular weight excluding hydrogens is 363 g/mol. The van der Waals surface area contributed by atoms with Crippen molar-refractivity contribution in [2.75, 3.05) is 12.0 Å². The Bertz CT molecular complexity index is 964. The Kier molecular flexibility index (Phi) is 4.27. The second-order valence-electron chi connectivity index (χ2n) is 7.19. The van der Waals surface area contributed by atoms with Crippen molar-refractivity contribution in [2.24, 2.45) is 11.8 Å². The van der Waals surface area contributed by atoms with E-state index in [0.29, 0.717) is 5.69 Å². The highest BCUT2D eigenvalue weighted by molar-refractivity contribution is 6.24. The zero-order chi connectivity index (χ0) is 20.1. The molecule has 2 heterocycles. The van der Waals surface area contributed by atoms with Crippen LogP contribution in [0.15, 0.2) is 54.6 Å². The molecular formula is C21H19FN2O4. The van der Waals surface area contributed by atoms with E-state index in [-0.39, 0.29) is 5.56 Å². The molecule has 2 fully saturated rings. The fourth-order valence-electron chi connectivity index (χ4n) is 4.36. The quantitative estimate of drug-likeness (QED) is 0.651. The maximum atomic E-state index is 14.5. The number of ether oxygens (including phenoxy) is 1. The van der Waals surface area contributed by atoms with Crippen molar-refractivity contribution in [1.29, 1.82) is 0 Å². The molecule has 0 aliphatic carbocycles. The number of imide groups is 1. The van der Waals surface area contributed by atoms with Gasteiger partial charge in [0, 0.05) is 11.6 Å². The first-order valence-corrected chi connectivity index (χ1v) is 8.93. The predicted molar refractivity (Wildman–Crippen MR) is 98.6 cm³/mol. The molecule has 28 heavy (non-hydrogen) atoms. The van der Waals surface area contributed by atoms with E-state index >= 15 is 0 Å². The molecule has 2 amide bonds. The average molecular weight is 382 g/mol. The molecule has 2 aliphatic heterocycles. The van der Waals surface area contributed by atoms with Crippen LogP contribution in [0.3, 0.4) is 0 Å². The van der Waals surface area contributed by atoms with Gasteiger partial charge in [0.15, 0.2) is 0 Å². The van der Waals surface area contributed by atoms with Crippen molar-refractivity contribution >= 4 is 23.5 Å². The van der Waals surface area contributed by atoms with Crippen LogP contribution in [0.4, 0.5) is 10.1 Å². The van der Waals surface area contributed by atoms with Crippen LogP contribution < -0.4 is 10.2 Å². The molecule has 7 heteroatoms. The van der Waals surface area contributed by atoms with Crippen LogP contribution in [-0.4, -0.2) is 30.4 Å². The molecule has 6 nitrogen and oxygen atoms in total. The summed E-state index contributed by atoms with van der Waals surface area (Å²) in [6.45, 7) is 1.52. The van der Waals surface area contributed by atoms with Crippen molar-refractivity contribution in [3.63, 3.8) is 0 Å². The van der Waals surface area contributed by atoms with Crippen LogP contribution >= 0.6 is 0 Å². The lowest BCUT2D eigenvalue weighted by Gasteiger charge is -2.28. The maximum Gasteiger partial charge on any atom is 0.326 e. The van der Waals surface area contributed by atoms with E-state index in [1.165, 1.54) is 20.1 Å². The summed E-state index contributed by atoms with van der Waals surface area (Å²) < 4.78 is 19.4. The summed E-state index contributed by atoms with van der Waals surface area (Å²) in [7, 11) is 1.22. The molecule has 4 rings (SSSR count). The number of rotatable bonds is 3. The fourth-order valence-corrected chi connectivity index (χ4v) is 4.36. The second-order valence-corrected chi connectivity index (χ2v) is 7.19. The van der Waals surface area contributed by atoms with E-state index in [1.807, 2.05) is 0 Å². The third-order valence-corrected chi connectivity index (χ3v) is 5.65. The normalized spacial score (nSPS) is 29.1. The summed E-state index contributed by atoms with van der Waals surface area (Å²) in [5.74, 6) is -4.07. The third-order valence-electron chi connectivity index (χ3n) is 5.65. The number of carbonyl (C=O) groups is 3. The summed E-state index contributed by atoms with van der Waals surface area (Å²) in [6, 6.07) is 13.7. The monoisotopic (exact) mass is 382 g/mol. The summed E-state index contributed by atoms with van der Waals surface area (Å²) in [5, 5.41) is 3.03. The minimum atomic E-state index is -1.46. The van der Waals surface area contributed by atoms with Gasteiger partial charge in [0.05, 0.1) is 24.6 Å². The predicted octanol–water partition coefficient (Wildman–Crippen LogP) is 2.21. The van der Waals surface area contributed by atoms with Crippen molar-refractivity contribution in [3.05, 3.63) is 66.0 Å². The Labute approximate surface area is 161 Å². The number of halogens is 1. The van der Waals surface area contributed by atoms with Gasteiger partial charge in [-0.25, -0.2) is 9.29 Å². The number of methoxy groups -OCH3 is 1. The van der Waals surface area contributed by atoms with E-state index < -0.39 is 47.0 Å². The first kappa shape index (κ1) is 18.3. The summed E-state index contributed by atoms with van der Waals surface area (Å²) in [5.41, 5.74) is -0.796. The van der Waals surface area contributed by atoms with Gasteiger partial charge in [0.25, 0.3) is 0 Å². The number of fused-ring (bicyclic) bond motifs is 1. The molecule has 2 aliphatic rings. The number of hydrogen-bond donors (Lipinski definition) is 1. The molecule has 0 unspecified atom stereocenters. The van der Waals surface area contributed by atoms with Gasteiger partial charge in [0.1, 0.15) is 11.4 Å². The first-order valence-electron chi connectivity index (χ1n) is 8.93. The lowest BCUT2D eigenvalue weighted by molar-refractivity contribution is -0.151. The van der Waals surface area contributed by atoms with E-state index in [1.54, 1.807) is 48.5 Å². The summed E-state index contributed by atoms with van der Waals surface area (Å²) in [6.07, 6.45) is 0. The summed E-state index contributed by atoms with van der Waals surface area (Å²) >= 11 is 0. The molecule has 2 aromatic rings. The van der Waals surface area contributed by atoms with Gasteiger partial charge in [-0.3, -0.25) is 19.7 Å². The lowest BCUT2D eigenvalue weighted by Crippen LogP contribution is -2.54. The zero-order valence-corrected chi connectivity index (χ0v) is 15.4. The number of hydrogen-bond acceptors (Lipinski definition) is 5. The molecule has 0 saturated carbocycles. The van der Waals surface area contributed by atoms with E-state index in [0.717, 1.165) is 4.90 Å². The third kappa shape index (κ3) is 2.46. The summed E-state index contributed by atoms with van der Waals surface area (Å²) in [4.78, 5) is 40.2. The molecule has 2 aromatic carbocycles. The molecule has 2 saturated heterocycles. The Morgan fingerprint density at radius 2 is 1.71 bits per heavy atom. The van der Waals surface area contributed by atoms with Crippen LogP contribution in [0.1, 0.15) is 18.5 Å². The molecule has 0 radical (unpaired) electrons. The largest absolute Gasteiger partial charge is 0.468 e. The Morgan fingerprint density at radius 1 is 1.07 bits per heavy atom. The molecule has 4 atom stereocenters. The van der Waals surface area contributed by atoms with Crippen molar-refractivity contribution in [3.8, 4) is 0 Å². The van der Waals surface area contributed by atoms with Crippen molar-refractivity contribution in [2.45, 2.75) is 18.5 Å². The van der Waals surface area contributed by atoms with Gasteiger partial charge in [-0.15, -0.1) is 0 Å². The van der Waals surface area contributed by atoms with Gasteiger partial charge in [0.2, 0.25) is 11.8 Å². The van der Waals surface area contributed by atoms with Gasteiger partial charge in [-0.1, -0.05) is 36.4 Å². The van der Waals surface area contributed by atoms with Crippen LogP contribution in [0.2, 0.25) is 0 Å². The molecule has 0 aromatic heterocycles.